The number of rotatable bonds is 12. The molecule has 4 N–H and O–H groups in total. The van der Waals surface area contributed by atoms with Crippen LogP contribution >= 0.6 is 0 Å². The average molecular weight is 602 g/mol. The van der Waals surface area contributed by atoms with Crippen molar-refractivity contribution in [3.8, 4) is 16.9 Å². The van der Waals surface area contributed by atoms with Crippen LogP contribution < -0.4 is 15.8 Å². The zero-order chi connectivity index (χ0) is 31.3. The van der Waals surface area contributed by atoms with Gasteiger partial charge in [0, 0.05) is 35.9 Å². The summed E-state index contributed by atoms with van der Waals surface area (Å²) in [6.45, 7) is 2.37. The van der Waals surface area contributed by atoms with Gasteiger partial charge in [-0.05, 0) is 89.8 Å². The molecule has 4 unspecified atom stereocenters. The van der Waals surface area contributed by atoms with Crippen LogP contribution in [-0.4, -0.2) is 37.0 Å². The molecule has 1 fully saturated rings. The summed E-state index contributed by atoms with van der Waals surface area (Å²) >= 11 is 0. The van der Waals surface area contributed by atoms with Crippen LogP contribution in [0.5, 0.6) is 5.75 Å². The molecule has 1 aliphatic heterocycles. The van der Waals surface area contributed by atoms with Gasteiger partial charge < -0.3 is 20.5 Å². The van der Waals surface area contributed by atoms with E-state index in [2.05, 4.69) is 35.6 Å². The summed E-state index contributed by atoms with van der Waals surface area (Å²) in [7, 11) is 0. The average Bonchev–Trinajstić information content (AvgIpc) is 3.86. The number of aryl methyl sites for hydroxylation is 1. The minimum atomic E-state index is -0.368. The number of hydrogen-bond acceptors (Lipinski definition) is 5. The van der Waals surface area contributed by atoms with E-state index < -0.39 is 0 Å². The predicted octanol–water partition coefficient (Wildman–Crippen LogP) is 6.29. The molecule has 0 aromatic heterocycles. The highest BCUT2D eigenvalue weighted by atomic mass is 16.5. The molecule has 1 aliphatic carbocycles. The van der Waals surface area contributed by atoms with Gasteiger partial charge in [-0.2, -0.15) is 0 Å². The number of fused-ring (bicyclic) bond motifs is 3. The molecule has 4 aromatic rings. The number of nitrogens with two attached hydrogens (primary N) is 1. The topological polar surface area (TPSA) is 115 Å². The molecule has 0 spiro atoms. The lowest BCUT2D eigenvalue weighted by Crippen LogP contribution is -2.43. The fraction of sp³-hybridized carbons (Fsp3) is 0.289. The van der Waals surface area contributed by atoms with Crippen LogP contribution in [0.2, 0.25) is 0 Å². The predicted molar refractivity (Wildman–Crippen MR) is 176 cm³/mol. The lowest BCUT2D eigenvalue weighted by molar-refractivity contribution is -0.142. The van der Waals surface area contributed by atoms with Crippen molar-refractivity contribution in [3.05, 3.63) is 125 Å². The molecule has 1 heterocycles. The second kappa shape index (κ2) is 13.4. The normalized spacial score (nSPS) is 17.5. The molecule has 45 heavy (non-hydrogen) atoms. The summed E-state index contributed by atoms with van der Waals surface area (Å²) in [4.78, 5) is 25.6. The number of benzene rings is 4. The summed E-state index contributed by atoms with van der Waals surface area (Å²) in [6, 6.07) is 31.5. The van der Waals surface area contributed by atoms with Crippen molar-refractivity contribution in [1.29, 1.82) is 5.41 Å². The zero-order valence-corrected chi connectivity index (χ0v) is 25.5. The second-order valence-electron chi connectivity index (χ2n) is 12.2. The number of hydrogen-bond donors (Lipinski definition) is 3. The Bertz CT molecular complexity index is 1690. The van der Waals surface area contributed by atoms with Crippen molar-refractivity contribution in [2.75, 3.05) is 13.2 Å². The highest BCUT2D eigenvalue weighted by Gasteiger charge is 2.43. The summed E-state index contributed by atoms with van der Waals surface area (Å²) in [5.41, 5.74) is 12.5. The van der Waals surface area contributed by atoms with Crippen LogP contribution in [0.3, 0.4) is 0 Å². The van der Waals surface area contributed by atoms with Gasteiger partial charge in [-0.15, -0.1) is 0 Å². The van der Waals surface area contributed by atoms with Crippen molar-refractivity contribution >= 4 is 17.7 Å². The summed E-state index contributed by atoms with van der Waals surface area (Å²) < 4.78 is 11.4. The van der Waals surface area contributed by atoms with Crippen molar-refractivity contribution < 1.29 is 19.1 Å². The van der Waals surface area contributed by atoms with E-state index in [1.807, 2.05) is 60.7 Å². The third-order valence-corrected chi connectivity index (χ3v) is 8.97. The van der Waals surface area contributed by atoms with Gasteiger partial charge in [-0.1, -0.05) is 66.7 Å². The van der Waals surface area contributed by atoms with Gasteiger partial charge in [0.2, 0.25) is 0 Å². The molecule has 4 aromatic carbocycles. The highest BCUT2D eigenvalue weighted by molar-refractivity contribution is 5.95. The third-order valence-electron chi connectivity index (χ3n) is 8.97. The van der Waals surface area contributed by atoms with Crippen molar-refractivity contribution in [3.63, 3.8) is 0 Å². The Morgan fingerprint density at radius 2 is 1.69 bits per heavy atom. The maximum atomic E-state index is 13.7. The van der Waals surface area contributed by atoms with Gasteiger partial charge in [0.25, 0.3) is 5.91 Å². The van der Waals surface area contributed by atoms with Crippen LogP contribution in [0.15, 0.2) is 97.1 Å². The number of amides is 1. The molecule has 7 nitrogen and oxygen atoms in total. The Morgan fingerprint density at radius 3 is 2.44 bits per heavy atom. The van der Waals surface area contributed by atoms with Crippen molar-refractivity contribution in [2.24, 2.45) is 17.6 Å². The Kier molecular flexibility index (Phi) is 8.96. The van der Waals surface area contributed by atoms with Gasteiger partial charge in [-0.25, -0.2) is 0 Å². The molecule has 230 valence electrons. The van der Waals surface area contributed by atoms with Crippen LogP contribution in [0.25, 0.3) is 11.1 Å². The first-order valence-electron chi connectivity index (χ1n) is 15.6. The monoisotopic (exact) mass is 601 g/mol. The minimum Gasteiger partial charge on any atom is -0.493 e. The SMILES string of the molecule is CC(=O)OCC(Cc1cccc(C(=N)N)c1)C(CCc1ccccc1)NC(=O)c1ccc(-c2ccc3c(c2)C2CC2CO3)cc1. The van der Waals surface area contributed by atoms with E-state index in [0.717, 1.165) is 35.5 Å². The molecule has 7 heteroatoms. The van der Waals surface area contributed by atoms with Crippen LogP contribution in [0.1, 0.15) is 58.3 Å². The Labute approximate surface area is 264 Å². The number of carbonyl (C=O) groups excluding carboxylic acids is 2. The lowest BCUT2D eigenvalue weighted by atomic mass is 9.88. The molecule has 1 amide bonds. The molecule has 1 saturated carbocycles. The third kappa shape index (κ3) is 7.43. The minimum absolute atomic E-state index is 0.00813. The number of nitrogen functional groups attached to an aromatic ring is 1. The number of amidine groups is 1. The van der Waals surface area contributed by atoms with E-state index in [1.54, 1.807) is 6.07 Å². The first kappa shape index (κ1) is 30.1. The fourth-order valence-corrected chi connectivity index (χ4v) is 6.33. The first-order chi connectivity index (χ1) is 21.8. The van der Waals surface area contributed by atoms with Gasteiger partial charge in [0.1, 0.15) is 11.6 Å². The van der Waals surface area contributed by atoms with Crippen molar-refractivity contribution in [2.45, 2.75) is 44.6 Å². The molecule has 2 aliphatic rings. The fourth-order valence-electron chi connectivity index (χ4n) is 6.33. The molecular formula is C38H39N3O4. The number of esters is 1. The lowest BCUT2D eigenvalue weighted by Gasteiger charge is -2.28. The summed E-state index contributed by atoms with van der Waals surface area (Å²) in [5.74, 6) is 1.49. The largest absolute Gasteiger partial charge is 0.493 e. The van der Waals surface area contributed by atoms with Crippen LogP contribution in [0.4, 0.5) is 0 Å². The van der Waals surface area contributed by atoms with Gasteiger partial charge in [-0.3, -0.25) is 15.0 Å². The zero-order valence-electron chi connectivity index (χ0n) is 25.5. The second-order valence-corrected chi connectivity index (χ2v) is 12.2. The maximum Gasteiger partial charge on any atom is 0.302 e. The number of nitrogens with one attached hydrogen (secondary N) is 2. The van der Waals surface area contributed by atoms with Crippen LogP contribution in [0, 0.1) is 17.2 Å². The smallest absolute Gasteiger partial charge is 0.302 e. The summed E-state index contributed by atoms with van der Waals surface area (Å²) in [5, 5.41) is 11.1. The van der Waals surface area contributed by atoms with E-state index >= 15 is 0 Å². The van der Waals surface area contributed by atoms with E-state index in [4.69, 9.17) is 20.6 Å². The number of ether oxygens (including phenoxy) is 2. The standard InChI is InChI=1S/C38H39N3O4/c1-24(42)44-23-32(19-26-8-5-9-30(18-26)37(39)40)35(16-10-25-6-3-2-4-7-25)41-38(43)28-13-11-27(12-14-28)29-15-17-36-34(20-29)33-21-31(33)22-45-36/h2-9,11-15,17-18,20,31-33,35H,10,16,19,21-23H2,1H3,(H3,39,40)(H,41,43). The van der Waals surface area contributed by atoms with Gasteiger partial charge in [0.15, 0.2) is 0 Å². The Balaban J connectivity index is 1.22. The molecule has 4 atom stereocenters. The van der Waals surface area contributed by atoms with Crippen LogP contribution in [-0.2, 0) is 22.4 Å². The van der Waals surface area contributed by atoms with E-state index in [1.165, 1.54) is 24.5 Å². The Morgan fingerprint density at radius 1 is 0.933 bits per heavy atom. The van der Waals surface area contributed by atoms with E-state index in [0.29, 0.717) is 35.8 Å². The Hall–Kier alpha value is -4.91. The van der Waals surface area contributed by atoms with E-state index in [-0.39, 0.29) is 36.3 Å². The first-order valence-corrected chi connectivity index (χ1v) is 15.6. The molecule has 0 radical (unpaired) electrons. The van der Waals surface area contributed by atoms with Gasteiger partial charge in [0.05, 0.1) is 13.2 Å². The quantitative estimate of drug-likeness (QED) is 0.100. The van der Waals surface area contributed by atoms with Gasteiger partial charge >= 0.3 is 5.97 Å². The van der Waals surface area contributed by atoms with Crippen molar-refractivity contribution in [1.82, 2.24) is 5.32 Å². The van der Waals surface area contributed by atoms with E-state index in [9.17, 15) is 9.59 Å². The highest BCUT2D eigenvalue weighted by Crippen LogP contribution is 2.54. The molecule has 0 saturated heterocycles. The number of carbonyl (C=O) groups is 2. The molecule has 6 rings (SSSR count). The molecular weight excluding hydrogens is 562 g/mol. The maximum absolute atomic E-state index is 13.7. The summed E-state index contributed by atoms with van der Waals surface area (Å²) in [6.07, 6.45) is 3.14. The molecule has 0 bridgehead atoms.